The van der Waals surface area contributed by atoms with Crippen molar-refractivity contribution in [2.45, 2.75) is 6.92 Å². The predicted molar refractivity (Wildman–Crippen MR) is 96.0 cm³/mol. The quantitative estimate of drug-likeness (QED) is 0.702. The lowest BCUT2D eigenvalue weighted by atomic mass is 10.2. The van der Waals surface area contributed by atoms with Crippen LogP contribution in [0.1, 0.15) is 11.5 Å². The number of oxazole rings is 1. The Balaban J connectivity index is 1.63. The molecule has 1 amide bonds. The van der Waals surface area contributed by atoms with Crippen LogP contribution in [-0.2, 0) is 4.79 Å². The summed E-state index contributed by atoms with van der Waals surface area (Å²) in [4.78, 5) is 21.0. The molecule has 0 atom stereocenters. The normalized spacial score (nSPS) is 17.6. The first-order chi connectivity index (χ1) is 12.1. The van der Waals surface area contributed by atoms with Gasteiger partial charge in [0.15, 0.2) is 16.6 Å². The number of halogens is 1. The number of nitrogens with zero attached hydrogens (tertiary/aromatic N) is 2. The Morgan fingerprint density at radius 3 is 2.96 bits per heavy atom. The van der Waals surface area contributed by atoms with Gasteiger partial charge in [-0.05, 0) is 47.7 Å². The highest BCUT2D eigenvalue weighted by Crippen LogP contribution is 2.29. The fourth-order valence-corrected chi connectivity index (χ4v) is 3.26. The van der Waals surface area contributed by atoms with Gasteiger partial charge in [-0.3, -0.25) is 4.79 Å². The van der Waals surface area contributed by atoms with Gasteiger partial charge in [0, 0.05) is 6.92 Å². The highest BCUT2D eigenvalue weighted by molar-refractivity contribution is 8.18. The second-order valence-corrected chi connectivity index (χ2v) is 6.42. The zero-order chi connectivity index (χ0) is 17.4. The number of rotatable bonds is 2. The van der Waals surface area contributed by atoms with Gasteiger partial charge in [0.05, 0.1) is 4.91 Å². The molecule has 1 aliphatic heterocycles. The van der Waals surface area contributed by atoms with Crippen LogP contribution in [0.3, 0.4) is 0 Å². The number of carbonyl (C=O) groups excluding carboxylic acids is 1. The fourth-order valence-electron chi connectivity index (χ4n) is 2.43. The maximum absolute atomic E-state index is 13.7. The third kappa shape index (κ3) is 3.18. The van der Waals surface area contributed by atoms with Crippen LogP contribution >= 0.6 is 11.8 Å². The number of amides is 1. The molecular formula is C18H12FN3O2S. The van der Waals surface area contributed by atoms with Crippen molar-refractivity contribution < 1.29 is 13.6 Å². The fraction of sp³-hybridized carbons (Fsp3) is 0.0556. The lowest BCUT2D eigenvalue weighted by Gasteiger charge is -1.97. The van der Waals surface area contributed by atoms with Crippen molar-refractivity contribution >= 4 is 45.7 Å². The Morgan fingerprint density at radius 2 is 2.12 bits per heavy atom. The van der Waals surface area contributed by atoms with E-state index in [-0.39, 0.29) is 11.6 Å². The minimum absolute atomic E-state index is 0.185. The molecule has 4 rings (SSSR count). The van der Waals surface area contributed by atoms with Gasteiger partial charge in [-0.25, -0.2) is 14.4 Å². The van der Waals surface area contributed by atoms with Crippen molar-refractivity contribution in [2.75, 3.05) is 0 Å². The minimum Gasteiger partial charge on any atom is -0.441 e. The molecule has 1 aromatic heterocycles. The maximum Gasteiger partial charge on any atom is 0.264 e. The highest BCUT2D eigenvalue weighted by Gasteiger charge is 2.24. The van der Waals surface area contributed by atoms with E-state index in [1.54, 1.807) is 31.2 Å². The maximum atomic E-state index is 13.7. The zero-order valence-corrected chi connectivity index (χ0v) is 13.9. The number of nitrogens with one attached hydrogen (secondary N) is 1. The number of hydrogen-bond donors (Lipinski definition) is 1. The summed E-state index contributed by atoms with van der Waals surface area (Å²) >= 11 is 1.17. The zero-order valence-electron chi connectivity index (χ0n) is 13.1. The summed E-state index contributed by atoms with van der Waals surface area (Å²) in [5, 5.41) is 2.99. The Kier molecular flexibility index (Phi) is 3.85. The summed E-state index contributed by atoms with van der Waals surface area (Å²) in [6.45, 7) is 1.78. The van der Waals surface area contributed by atoms with E-state index >= 15 is 0 Å². The van der Waals surface area contributed by atoms with Crippen molar-refractivity contribution in [1.29, 1.82) is 0 Å². The second kappa shape index (κ2) is 6.18. The third-order valence-electron chi connectivity index (χ3n) is 3.54. The number of hydrogen-bond acceptors (Lipinski definition) is 5. The molecular weight excluding hydrogens is 341 g/mol. The van der Waals surface area contributed by atoms with Crippen molar-refractivity contribution in [3.05, 3.63) is 64.6 Å². The van der Waals surface area contributed by atoms with E-state index in [1.165, 1.54) is 17.8 Å². The second-order valence-electron chi connectivity index (χ2n) is 5.39. The van der Waals surface area contributed by atoms with Crippen molar-refractivity contribution in [3.63, 3.8) is 0 Å². The van der Waals surface area contributed by atoms with Crippen LogP contribution in [-0.4, -0.2) is 16.1 Å². The standard InChI is InChI=1S/C18H12FN3O2S/c1-10-20-14-7-6-11(8-15(14)24-10)9-16-17(23)22-18(25-16)21-13-5-3-2-4-12(13)19/h2-9H,1H3,(H,21,22,23)/b16-9+. The smallest absolute Gasteiger partial charge is 0.264 e. The molecule has 0 aliphatic carbocycles. The van der Waals surface area contributed by atoms with Gasteiger partial charge in [0.25, 0.3) is 5.91 Å². The van der Waals surface area contributed by atoms with Gasteiger partial charge < -0.3 is 9.73 Å². The number of carbonyl (C=O) groups is 1. The molecule has 0 radical (unpaired) electrons. The lowest BCUT2D eigenvalue weighted by Crippen LogP contribution is -2.19. The number of fused-ring (bicyclic) bond motifs is 1. The SMILES string of the molecule is Cc1nc2ccc(/C=C3/SC(=Nc4ccccc4F)NC3=O)cc2o1. The van der Waals surface area contributed by atoms with E-state index in [0.717, 1.165) is 11.1 Å². The topological polar surface area (TPSA) is 67.5 Å². The number of aryl methyl sites for hydroxylation is 1. The van der Waals surface area contributed by atoms with Crippen LogP contribution < -0.4 is 5.32 Å². The summed E-state index contributed by atoms with van der Waals surface area (Å²) in [5.41, 5.74) is 2.43. The van der Waals surface area contributed by atoms with Crippen molar-refractivity contribution in [2.24, 2.45) is 4.99 Å². The molecule has 124 valence electrons. The van der Waals surface area contributed by atoms with E-state index in [2.05, 4.69) is 15.3 Å². The average Bonchev–Trinajstić information content (AvgIpc) is 3.11. The van der Waals surface area contributed by atoms with Crippen LogP contribution in [0.15, 0.2) is 56.8 Å². The molecule has 0 bridgehead atoms. The first kappa shape index (κ1) is 15.6. The van der Waals surface area contributed by atoms with Gasteiger partial charge in [-0.2, -0.15) is 0 Å². The van der Waals surface area contributed by atoms with Gasteiger partial charge in [-0.1, -0.05) is 18.2 Å². The van der Waals surface area contributed by atoms with Crippen LogP contribution in [0, 0.1) is 12.7 Å². The van der Waals surface area contributed by atoms with Gasteiger partial charge >= 0.3 is 0 Å². The predicted octanol–water partition coefficient (Wildman–Crippen LogP) is 4.17. The van der Waals surface area contributed by atoms with Gasteiger partial charge in [0.1, 0.15) is 17.0 Å². The Morgan fingerprint density at radius 1 is 1.28 bits per heavy atom. The highest BCUT2D eigenvalue weighted by atomic mass is 32.2. The largest absolute Gasteiger partial charge is 0.441 e. The molecule has 7 heteroatoms. The van der Waals surface area contributed by atoms with Crippen molar-refractivity contribution in [3.8, 4) is 0 Å². The van der Waals surface area contributed by atoms with Crippen LogP contribution in [0.2, 0.25) is 0 Å². The number of benzene rings is 2. The van der Waals surface area contributed by atoms with Gasteiger partial charge in [-0.15, -0.1) is 0 Å². The monoisotopic (exact) mass is 353 g/mol. The van der Waals surface area contributed by atoms with E-state index in [0.29, 0.717) is 21.5 Å². The molecule has 0 unspecified atom stereocenters. The number of thioether (sulfide) groups is 1. The summed E-state index contributed by atoms with van der Waals surface area (Å²) in [6, 6.07) is 11.7. The number of aliphatic imine (C=N–C) groups is 1. The minimum atomic E-state index is -0.437. The van der Waals surface area contributed by atoms with E-state index in [4.69, 9.17) is 4.42 Å². The molecule has 0 saturated carbocycles. The van der Waals surface area contributed by atoms with Crippen molar-refractivity contribution in [1.82, 2.24) is 10.3 Å². The van der Waals surface area contributed by atoms with E-state index in [1.807, 2.05) is 18.2 Å². The Bertz CT molecular complexity index is 1060. The molecule has 1 fully saturated rings. The van der Waals surface area contributed by atoms with Crippen LogP contribution in [0.5, 0.6) is 0 Å². The molecule has 1 aliphatic rings. The average molecular weight is 353 g/mol. The number of amidine groups is 1. The first-order valence-corrected chi connectivity index (χ1v) is 8.31. The molecule has 1 N–H and O–H groups in total. The summed E-state index contributed by atoms with van der Waals surface area (Å²) in [6.07, 6.45) is 1.74. The molecule has 2 aromatic carbocycles. The lowest BCUT2D eigenvalue weighted by molar-refractivity contribution is -0.115. The summed E-state index contributed by atoms with van der Waals surface area (Å²) < 4.78 is 19.2. The molecule has 0 spiro atoms. The molecule has 5 nitrogen and oxygen atoms in total. The number of aromatic nitrogens is 1. The molecule has 25 heavy (non-hydrogen) atoms. The molecule has 3 aromatic rings. The van der Waals surface area contributed by atoms with Crippen LogP contribution in [0.25, 0.3) is 17.2 Å². The first-order valence-electron chi connectivity index (χ1n) is 7.50. The van der Waals surface area contributed by atoms with Gasteiger partial charge in [0.2, 0.25) is 0 Å². The Labute approximate surface area is 146 Å². The third-order valence-corrected chi connectivity index (χ3v) is 4.45. The molecule has 1 saturated heterocycles. The van der Waals surface area contributed by atoms with E-state index < -0.39 is 5.82 Å². The number of para-hydroxylation sites is 1. The summed E-state index contributed by atoms with van der Waals surface area (Å²) in [5.74, 6) is -0.116. The van der Waals surface area contributed by atoms with Crippen LogP contribution in [0.4, 0.5) is 10.1 Å². The molecule has 2 heterocycles. The summed E-state index contributed by atoms with van der Waals surface area (Å²) in [7, 11) is 0. The Hall–Kier alpha value is -2.93. The van der Waals surface area contributed by atoms with E-state index in [9.17, 15) is 9.18 Å².